The third kappa shape index (κ3) is 21.0. The van der Waals surface area contributed by atoms with Gasteiger partial charge in [0, 0.05) is 101 Å². The number of nitrogens with two attached hydrogens (primary N) is 1. The molecule has 0 radical (unpaired) electrons. The lowest BCUT2D eigenvalue weighted by atomic mass is 10.1. The third-order valence-electron chi connectivity index (χ3n) is 20.3. The average molecular weight is 1840 g/mol. The molecule has 0 aliphatic heterocycles. The Morgan fingerprint density at radius 1 is 0.386 bits per heavy atom. The van der Waals surface area contributed by atoms with Gasteiger partial charge in [-0.05, 0) is 159 Å². The SMILES string of the molecule is COc1ccc(CCn2c(C)cc3oc(=O)c(Br)c(O)c3c2=O)cc1OC.COc1ccc(CCn2c(C)cc3oc(=O)c(Sc4ccccc4N)c(O)c3c2=O)cc1OC.COc1ccc(CCn2c(C)cc3oc(=O)cc(O)c3c2=O)cc1OC.Cc1cc2oc(=O)cc(O)c2c(=O)n1CC(C)C.Cc1cc2oc(=O)cc(O)c2c(=O)n1Cc1ccc(Cl)cc1. The molecule has 0 atom stereocenters. The van der Waals surface area contributed by atoms with E-state index in [0.717, 1.165) is 52.2 Å². The molecule has 32 nitrogen and oxygen atoms in total. The molecular formula is C92H88BrClN6O26S. The second-order valence-electron chi connectivity index (χ2n) is 29.3. The molecule has 0 amide bonds. The summed E-state index contributed by atoms with van der Waals surface area (Å²) in [5.74, 6) is 2.12. The number of para-hydroxylation sites is 1. The molecule has 0 saturated carbocycles. The third-order valence-corrected chi connectivity index (χ3v) is 22.4. The van der Waals surface area contributed by atoms with Gasteiger partial charge in [-0.25, -0.2) is 24.0 Å². The molecule has 0 aliphatic carbocycles. The zero-order valence-corrected chi connectivity index (χ0v) is 74.1. The van der Waals surface area contributed by atoms with Crippen LogP contribution in [0, 0.1) is 40.5 Å². The fraction of sp³-hybridized carbons (Fsp3) is 0.239. The number of ether oxygens (including phenoxy) is 6. The zero-order chi connectivity index (χ0) is 92.3. The number of nitrogen functional groups attached to an aromatic ring is 1. The van der Waals surface area contributed by atoms with Gasteiger partial charge in [0.05, 0.1) is 67.4 Å². The van der Waals surface area contributed by atoms with Gasteiger partial charge < -0.3 is 105 Å². The minimum Gasteiger partial charge on any atom is -0.507 e. The first-order valence-corrected chi connectivity index (χ1v) is 41.0. The maximum absolute atomic E-state index is 13.4. The van der Waals surface area contributed by atoms with Crippen molar-refractivity contribution in [2.24, 2.45) is 5.92 Å². The van der Waals surface area contributed by atoms with Crippen molar-refractivity contribution < 1.29 is 76.0 Å². The fourth-order valence-corrected chi connectivity index (χ4v) is 15.2. The van der Waals surface area contributed by atoms with Crippen LogP contribution in [0.5, 0.6) is 63.2 Å². The molecule has 15 rings (SSSR count). The Morgan fingerprint density at radius 2 is 0.709 bits per heavy atom. The van der Waals surface area contributed by atoms with Crippen LogP contribution in [0.4, 0.5) is 5.69 Å². The number of aromatic hydroxyl groups is 5. The molecule has 35 heteroatoms. The van der Waals surface area contributed by atoms with Crippen LogP contribution in [0.25, 0.3) is 54.8 Å². The highest BCUT2D eigenvalue weighted by atomic mass is 79.9. The molecule has 0 fully saturated rings. The van der Waals surface area contributed by atoms with E-state index in [1.165, 1.54) is 9.13 Å². The molecule has 10 heterocycles. The Balaban J connectivity index is 0.000000156. The smallest absolute Gasteiger partial charge is 0.354 e. The first-order valence-electron chi connectivity index (χ1n) is 39.0. The van der Waals surface area contributed by atoms with E-state index in [4.69, 9.17) is 67.8 Å². The summed E-state index contributed by atoms with van der Waals surface area (Å²) >= 11 is 9.76. The van der Waals surface area contributed by atoms with E-state index in [2.05, 4.69) is 15.9 Å². The minimum absolute atomic E-state index is 0.000775. The molecule has 10 aromatic heterocycles. The molecule has 662 valence electrons. The number of rotatable bonds is 21. The number of benzene rings is 5. The number of pyridine rings is 5. The molecule has 15 aromatic rings. The molecular weight excluding hydrogens is 1750 g/mol. The predicted molar refractivity (Wildman–Crippen MR) is 484 cm³/mol. The molecule has 0 aliphatic rings. The summed E-state index contributed by atoms with van der Waals surface area (Å²) in [6.45, 7) is 14.8. The highest BCUT2D eigenvalue weighted by Crippen LogP contribution is 2.39. The largest absolute Gasteiger partial charge is 0.507 e. The van der Waals surface area contributed by atoms with Crippen molar-refractivity contribution in [3.8, 4) is 63.2 Å². The summed E-state index contributed by atoms with van der Waals surface area (Å²) in [6.07, 6.45) is 1.67. The lowest BCUT2D eigenvalue weighted by Crippen LogP contribution is -2.25. The topological polar surface area (TPSA) is 444 Å². The summed E-state index contributed by atoms with van der Waals surface area (Å²) < 4.78 is 64.6. The number of aromatic nitrogens is 5. The lowest BCUT2D eigenvalue weighted by molar-refractivity contribution is 0.354. The minimum atomic E-state index is -0.736. The van der Waals surface area contributed by atoms with E-state index in [1.54, 1.807) is 158 Å². The van der Waals surface area contributed by atoms with E-state index in [-0.39, 0.29) is 87.0 Å². The number of methoxy groups -OCH3 is 6. The first-order chi connectivity index (χ1) is 60.5. The highest BCUT2D eigenvalue weighted by Gasteiger charge is 2.25. The van der Waals surface area contributed by atoms with Gasteiger partial charge in [0.15, 0.2) is 46.0 Å². The maximum atomic E-state index is 13.4. The monoisotopic (exact) mass is 1840 g/mol. The summed E-state index contributed by atoms with van der Waals surface area (Å²) in [4.78, 5) is 122. The van der Waals surface area contributed by atoms with Crippen LogP contribution in [0.1, 0.15) is 64.6 Å². The van der Waals surface area contributed by atoms with Gasteiger partial charge in [-0.3, -0.25) is 24.0 Å². The molecule has 0 spiro atoms. The lowest BCUT2D eigenvalue weighted by Gasteiger charge is -2.14. The van der Waals surface area contributed by atoms with Crippen LogP contribution >= 0.6 is 39.3 Å². The Morgan fingerprint density at radius 3 is 1.09 bits per heavy atom. The predicted octanol–water partition coefficient (Wildman–Crippen LogP) is 13.5. The molecule has 127 heavy (non-hydrogen) atoms. The average Bonchev–Trinajstić information content (AvgIpc) is 0.774. The molecule has 0 saturated heterocycles. The van der Waals surface area contributed by atoms with Crippen LogP contribution in [-0.2, 0) is 52.0 Å². The zero-order valence-electron chi connectivity index (χ0n) is 71.0. The van der Waals surface area contributed by atoms with Gasteiger partial charge in [0.25, 0.3) is 27.8 Å². The maximum Gasteiger partial charge on any atom is 0.354 e. The van der Waals surface area contributed by atoms with Crippen molar-refractivity contribution in [1.29, 1.82) is 0 Å². The van der Waals surface area contributed by atoms with Gasteiger partial charge in [0.1, 0.15) is 81.5 Å². The molecule has 7 N–H and O–H groups in total. The van der Waals surface area contributed by atoms with E-state index < -0.39 is 61.9 Å². The van der Waals surface area contributed by atoms with Crippen molar-refractivity contribution in [3.63, 3.8) is 0 Å². The number of halogens is 2. The van der Waals surface area contributed by atoms with Crippen molar-refractivity contribution >= 4 is 99.8 Å². The summed E-state index contributed by atoms with van der Waals surface area (Å²) in [6, 6.07) is 41.4. The van der Waals surface area contributed by atoms with E-state index in [1.807, 2.05) is 80.6 Å². The van der Waals surface area contributed by atoms with Crippen LogP contribution in [-0.4, -0.2) is 91.0 Å². The number of hydrogen-bond acceptors (Lipinski definition) is 28. The van der Waals surface area contributed by atoms with Gasteiger partial charge in [-0.2, -0.15) is 0 Å². The Hall–Kier alpha value is -14.4. The van der Waals surface area contributed by atoms with E-state index >= 15 is 0 Å². The number of anilines is 1. The normalized spacial score (nSPS) is 11.0. The number of fused-ring (bicyclic) bond motifs is 5. The van der Waals surface area contributed by atoms with Gasteiger partial charge >= 0.3 is 28.1 Å². The van der Waals surface area contributed by atoms with Gasteiger partial charge in [-0.15, -0.1) is 0 Å². The Kier molecular flexibility index (Phi) is 29.8. The highest BCUT2D eigenvalue weighted by molar-refractivity contribution is 9.10. The summed E-state index contributed by atoms with van der Waals surface area (Å²) in [5, 5.41) is 51.2. The van der Waals surface area contributed by atoms with Gasteiger partial charge in [-0.1, -0.05) is 79.7 Å². The fourth-order valence-electron chi connectivity index (χ4n) is 13.9. The van der Waals surface area contributed by atoms with Crippen LogP contribution < -0.4 is 90.1 Å². The molecule has 5 aromatic carbocycles. The first kappa shape index (κ1) is 93.3. The van der Waals surface area contributed by atoms with Crippen molar-refractivity contribution in [2.45, 2.75) is 110 Å². The van der Waals surface area contributed by atoms with Crippen molar-refractivity contribution in [3.05, 3.63) is 316 Å². The van der Waals surface area contributed by atoms with Crippen molar-refractivity contribution in [2.75, 3.05) is 48.4 Å². The van der Waals surface area contributed by atoms with Crippen molar-refractivity contribution in [1.82, 2.24) is 22.8 Å². The molecule has 0 unspecified atom stereocenters. The van der Waals surface area contributed by atoms with Crippen LogP contribution in [0.3, 0.4) is 0 Å². The number of nitrogens with zero attached hydrogens (tertiary/aromatic N) is 5. The molecule has 0 bridgehead atoms. The van der Waals surface area contributed by atoms with E-state index in [0.29, 0.717) is 136 Å². The second kappa shape index (κ2) is 40.5. The van der Waals surface area contributed by atoms with Crippen LogP contribution in [0.15, 0.2) is 236 Å². The quantitative estimate of drug-likeness (QED) is 0.0364. The van der Waals surface area contributed by atoms with Crippen LogP contribution in [0.2, 0.25) is 5.02 Å². The Bertz CT molecular complexity index is 7390. The second-order valence-corrected chi connectivity index (χ2v) is 31.5. The van der Waals surface area contributed by atoms with Gasteiger partial charge in [0.2, 0.25) is 0 Å². The number of hydrogen-bond donors (Lipinski definition) is 6. The standard InChI is InChI=1S/C25H24N2O6S.C19H18BrNO6.C19H19NO6.C16H12ClNO4.C13H15NO4/c1-14-12-19-21(22(28)23(25(30)33-19)34-20-7-5-4-6-16(20)26)24(29)27(14)11-10-15-8-9-17(31-2)18(13-15)32-3;1-10-8-14-15(17(22)16(20)19(24)27-14)18(23)21(10)7-6-11-4-5-12(25-2)13(9-11)26-3;1-11-8-16-18(13(21)10-17(22)26-16)19(23)20(11)7-6-12-4-5-14(24-2)15(9-12)25-3;1-9-6-13-15(12(19)7-14(20)22-13)16(21)18(9)8-10-2-4-11(17)5-3-10;1-7(2)6-14-8(3)4-10-12(13(14)17)9(15)5-11(16)18-10/h4-9,12-13,28H,10-11,26H2,1-3H3;4-5,8-9,22H,6-7H2,1-3H3;4-5,8-10,21H,6-7H2,1-3H3;2-7,19H,8H2,1H3;4-5,7,15H,6H2,1-3H3. The number of aryl methyl sites for hydroxylation is 8. The Labute approximate surface area is 737 Å². The summed E-state index contributed by atoms with van der Waals surface area (Å²) in [5.41, 5.74) is 8.24. The summed E-state index contributed by atoms with van der Waals surface area (Å²) in [7, 11) is 9.40. The van der Waals surface area contributed by atoms with E-state index in [9.17, 15) is 73.5 Å².